The van der Waals surface area contributed by atoms with Gasteiger partial charge in [-0.2, -0.15) is 0 Å². The summed E-state index contributed by atoms with van der Waals surface area (Å²) in [5.41, 5.74) is 4.66. The molecule has 0 saturated heterocycles. The number of carbonyl (C=O) groups excluding carboxylic acids is 2. The van der Waals surface area contributed by atoms with Crippen molar-refractivity contribution in [3.8, 4) is 11.5 Å². The second kappa shape index (κ2) is 15.3. The maximum absolute atomic E-state index is 10.2. The molecule has 5 N–H and O–H groups in total. The van der Waals surface area contributed by atoms with Crippen LogP contribution in [0.5, 0.6) is 11.5 Å². The van der Waals surface area contributed by atoms with E-state index in [1.54, 1.807) is 12.1 Å². The van der Waals surface area contributed by atoms with Gasteiger partial charge in [-0.3, -0.25) is 4.79 Å². The molecule has 2 aromatic rings. The quantitative estimate of drug-likeness (QED) is 0.453. The Kier molecular flexibility index (Phi) is 14.9. The van der Waals surface area contributed by atoms with Crippen LogP contribution < -0.4 is 15.9 Å². The first-order valence-corrected chi connectivity index (χ1v) is 7.61. The first kappa shape index (κ1) is 27.4. The molecule has 10 heteroatoms. The Balaban J connectivity index is 0. The van der Waals surface area contributed by atoms with E-state index in [2.05, 4.69) is 0 Å². The molecule has 0 bridgehead atoms. The summed E-state index contributed by atoms with van der Waals surface area (Å²) in [6, 6.07) is 11.3. The molecule has 0 aliphatic carbocycles. The van der Waals surface area contributed by atoms with Gasteiger partial charge in [0.05, 0.1) is 11.9 Å². The van der Waals surface area contributed by atoms with Crippen LogP contribution in [0, 0.1) is 0 Å². The molecule has 0 atom stereocenters. The van der Waals surface area contributed by atoms with E-state index < -0.39 is 17.9 Å². The standard InChI is InChI=1S/2C7H6O3.C4H9NO2.Mg/c2*8-6-4-2-1-3-5(6)7(9)10;5-3-1-2-4(6)7;/h2*1-4,8H,(H,9,10);1-3,5H2,(H,6,7);/q;;;+2/p-2. The van der Waals surface area contributed by atoms with Crippen molar-refractivity contribution in [1.29, 1.82) is 0 Å². The van der Waals surface area contributed by atoms with Gasteiger partial charge in [0.25, 0.3) is 0 Å². The van der Waals surface area contributed by atoms with E-state index in [9.17, 15) is 24.6 Å². The molecule has 146 valence electrons. The van der Waals surface area contributed by atoms with E-state index in [4.69, 9.17) is 21.1 Å². The van der Waals surface area contributed by atoms with Gasteiger partial charge in [0.1, 0.15) is 11.5 Å². The van der Waals surface area contributed by atoms with Gasteiger partial charge in [0, 0.05) is 17.5 Å². The SMILES string of the molecule is NCCCC(=O)O.O=C([O-])c1ccccc1O.O=C([O-])c1ccccc1O.[Mg+2]. The van der Waals surface area contributed by atoms with Gasteiger partial charge in [-0.25, -0.2) is 0 Å². The minimum atomic E-state index is -1.36. The van der Waals surface area contributed by atoms with Crippen molar-refractivity contribution in [3.05, 3.63) is 59.7 Å². The third-order valence-corrected chi connectivity index (χ3v) is 2.84. The van der Waals surface area contributed by atoms with Gasteiger partial charge >= 0.3 is 29.0 Å². The number of benzene rings is 2. The van der Waals surface area contributed by atoms with Crippen LogP contribution in [0.2, 0.25) is 0 Å². The summed E-state index contributed by atoms with van der Waals surface area (Å²) in [6.45, 7) is 0.465. The van der Waals surface area contributed by atoms with Gasteiger partial charge in [0.15, 0.2) is 0 Å². The number of hydrogen-bond donors (Lipinski definition) is 4. The summed E-state index contributed by atoms with van der Waals surface area (Å²) in [7, 11) is 0. The first-order valence-electron chi connectivity index (χ1n) is 7.61. The Bertz CT molecular complexity index is 711. The maximum Gasteiger partial charge on any atom is 2.00 e. The van der Waals surface area contributed by atoms with E-state index in [1.165, 1.54) is 36.4 Å². The maximum atomic E-state index is 10.2. The number of para-hydroxylation sites is 2. The molecule has 0 aromatic heterocycles. The zero-order valence-corrected chi connectivity index (χ0v) is 16.3. The summed E-state index contributed by atoms with van der Waals surface area (Å²) >= 11 is 0. The molecule has 0 aliphatic heterocycles. The Hall–Kier alpha value is -2.82. The normalized spacial score (nSPS) is 8.75. The summed E-state index contributed by atoms with van der Waals surface area (Å²) in [6.07, 6.45) is 0.770. The predicted molar refractivity (Wildman–Crippen MR) is 96.6 cm³/mol. The molecule has 9 nitrogen and oxygen atoms in total. The van der Waals surface area contributed by atoms with Gasteiger partial charge < -0.3 is 40.9 Å². The minimum absolute atomic E-state index is 0. The zero-order chi connectivity index (χ0) is 20.8. The van der Waals surface area contributed by atoms with Crippen LogP contribution in [0.15, 0.2) is 48.5 Å². The van der Waals surface area contributed by atoms with Crippen LogP contribution in [-0.2, 0) is 4.79 Å². The Morgan fingerprint density at radius 3 is 1.36 bits per heavy atom. The third-order valence-electron chi connectivity index (χ3n) is 2.84. The van der Waals surface area contributed by atoms with Crippen molar-refractivity contribution < 1.29 is 39.9 Å². The number of carboxylic acids is 3. The monoisotopic (exact) mass is 401 g/mol. The number of aromatic hydroxyl groups is 2. The van der Waals surface area contributed by atoms with Gasteiger partial charge in [-0.1, -0.05) is 24.3 Å². The summed E-state index contributed by atoms with van der Waals surface area (Å²) in [5.74, 6) is -4.02. The fraction of sp³-hybridized carbons (Fsp3) is 0.167. The second-order valence-electron chi connectivity index (χ2n) is 4.90. The van der Waals surface area contributed by atoms with E-state index in [1.807, 2.05) is 0 Å². The number of carboxylic acid groups (broad SMARTS) is 3. The number of aliphatic carboxylic acids is 1. The van der Waals surface area contributed by atoms with E-state index >= 15 is 0 Å². The van der Waals surface area contributed by atoms with Crippen LogP contribution >= 0.6 is 0 Å². The number of rotatable bonds is 5. The molecular formula is C18H19MgNO8. The third kappa shape index (κ3) is 11.7. The van der Waals surface area contributed by atoms with Gasteiger partial charge in [-0.15, -0.1) is 0 Å². The van der Waals surface area contributed by atoms with Crippen molar-refractivity contribution in [3.63, 3.8) is 0 Å². The van der Waals surface area contributed by atoms with E-state index in [0.717, 1.165) is 0 Å². The van der Waals surface area contributed by atoms with E-state index in [0.29, 0.717) is 13.0 Å². The van der Waals surface area contributed by atoms with Gasteiger partial charge in [-0.05, 0) is 37.2 Å². The Labute approximate surface area is 177 Å². The molecule has 0 spiro atoms. The smallest absolute Gasteiger partial charge is 0.545 e. The predicted octanol–water partition coefficient (Wildman–Crippen LogP) is -1.06. The van der Waals surface area contributed by atoms with Crippen LogP contribution in [0.1, 0.15) is 33.6 Å². The molecule has 0 amide bonds. The van der Waals surface area contributed by atoms with Crippen LogP contribution in [0.4, 0.5) is 0 Å². The second-order valence-corrected chi connectivity index (χ2v) is 4.90. The van der Waals surface area contributed by atoms with Crippen molar-refractivity contribution in [1.82, 2.24) is 0 Å². The number of carbonyl (C=O) groups is 3. The first-order chi connectivity index (χ1) is 12.7. The zero-order valence-electron chi connectivity index (χ0n) is 14.9. The largest absolute Gasteiger partial charge is 2.00 e. The van der Waals surface area contributed by atoms with Crippen molar-refractivity contribution in [2.24, 2.45) is 5.73 Å². The Morgan fingerprint density at radius 2 is 1.18 bits per heavy atom. The molecule has 2 rings (SSSR count). The van der Waals surface area contributed by atoms with E-state index in [-0.39, 0.29) is 52.1 Å². The fourth-order valence-electron chi connectivity index (χ4n) is 1.55. The number of phenols is 2. The molecule has 2 aromatic carbocycles. The topological polar surface area (TPSA) is 184 Å². The molecule has 0 fully saturated rings. The molecule has 0 saturated carbocycles. The molecule has 0 radical (unpaired) electrons. The molecule has 0 aliphatic rings. The minimum Gasteiger partial charge on any atom is -0.545 e. The number of aromatic carboxylic acids is 2. The Morgan fingerprint density at radius 1 is 0.821 bits per heavy atom. The van der Waals surface area contributed by atoms with Crippen molar-refractivity contribution in [2.45, 2.75) is 12.8 Å². The fourth-order valence-corrected chi connectivity index (χ4v) is 1.55. The molecule has 0 unspecified atom stereocenters. The summed E-state index contributed by atoms with van der Waals surface area (Å²) in [4.78, 5) is 30.0. The molecule has 28 heavy (non-hydrogen) atoms. The molecular weight excluding hydrogens is 383 g/mol. The van der Waals surface area contributed by atoms with Crippen molar-refractivity contribution >= 4 is 41.0 Å². The number of nitrogens with two attached hydrogens (primary N) is 1. The van der Waals surface area contributed by atoms with Crippen LogP contribution in [0.25, 0.3) is 0 Å². The van der Waals surface area contributed by atoms with Crippen molar-refractivity contribution in [2.75, 3.05) is 6.54 Å². The van der Waals surface area contributed by atoms with Crippen LogP contribution in [0.3, 0.4) is 0 Å². The van der Waals surface area contributed by atoms with Gasteiger partial charge in [0.2, 0.25) is 0 Å². The summed E-state index contributed by atoms with van der Waals surface area (Å²) < 4.78 is 0. The molecule has 0 heterocycles. The average Bonchev–Trinajstić information content (AvgIpc) is 2.61. The number of hydrogen-bond acceptors (Lipinski definition) is 8. The average molecular weight is 402 g/mol. The van der Waals surface area contributed by atoms with Crippen LogP contribution in [-0.4, -0.2) is 62.8 Å². The summed E-state index contributed by atoms with van der Waals surface area (Å²) in [5, 5.41) is 46.0.